The molecule has 0 aliphatic rings. The Balaban J connectivity index is 2.03. The van der Waals surface area contributed by atoms with Crippen LogP contribution in [0.25, 0.3) is 10.9 Å². The van der Waals surface area contributed by atoms with Crippen LogP contribution in [0.2, 0.25) is 4.34 Å². The molecule has 3 aromatic rings. The van der Waals surface area contributed by atoms with Gasteiger partial charge in [0.25, 0.3) is 0 Å². The fourth-order valence-corrected chi connectivity index (χ4v) is 3.68. The second-order valence-electron chi connectivity index (χ2n) is 4.13. The van der Waals surface area contributed by atoms with Crippen LogP contribution < -0.4 is 0 Å². The molecule has 0 radical (unpaired) electrons. The van der Waals surface area contributed by atoms with Crippen LogP contribution in [0, 0.1) is 0 Å². The van der Waals surface area contributed by atoms with Crippen molar-refractivity contribution in [1.29, 1.82) is 0 Å². The molecule has 1 aromatic carbocycles. The van der Waals surface area contributed by atoms with Gasteiger partial charge in [-0.1, -0.05) is 23.7 Å². The topological polar surface area (TPSA) is 33.1 Å². The third-order valence-corrected chi connectivity index (χ3v) is 5.40. The van der Waals surface area contributed by atoms with Gasteiger partial charge in [0.1, 0.15) is 10.4 Å². The average molecular weight is 355 g/mol. The lowest BCUT2D eigenvalue weighted by Gasteiger charge is -2.09. The number of fused-ring (bicyclic) bond motifs is 1. The number of aliphatic hydroxyl groups is 1. The minimum atomic E-state index is -0.668. The van der Waals surface area contributed by atoms with Crippen molar-refractivity contribution in [2.75, 3.05) is 0 Å². The fraction of sp³-hybridized carbons (Fsp3) is 0.0714. The Hall–Kier alpha value is -0.940. The molecule has 0 aliphatic carbocycles. The third kappa shape index (κ3) is 2.54. The first-order chi connectivity index (χ1) is 9.15. The van der Waals surface area contributed by atoms with Gasteiger partial charge in [-0.25, -0.2) is 0 Å². The number of aliphatic hydroxyl groups excluding tert-OH is 1. The largest absolute Gasteiger partial charge is 0.383 e. The van der Waals surface area contributed by atoms with Crippen molar-refractivity contribution in [1.82, 2.24) is 4.98 Å². The molecule has 1 unspecified atom stereocenters. The van der Waals surface area contributed by atoms with E-state index < -0.39 is 6.10 Å². The van der Waals surface area contributed by atoms with Gasteiger partial charge >= 0.3 is 0 Å². The number of hydrogen-bond acceptors (Lipinski definition) is 3. The van der Waals surface area contributed by atoms with E-state index in [-0.39, 0.29) is 0 Å². The monoisotopic (exact) mass is 353 g/mol. The Morgan fingerprint density at radius 3 is 2.84 bits per heavy atom. The minimum Gasteiger partial charge on any atom is -0.383 e. The summed E-state index contributed by atoms with van der Waals surface area (Å²) < 4.78 is 1.46. The zero-order valence-electron chi connectivity index (χ0n) is 9.68. The summed E-state index contributed by atoms with van der Waals surface area (Å²) in [5.41, 5.74) is 1.76. The van der Waals surface area contributed by atoms with Crippen molar-refractivity contribution >= 4 is 49.8 Å². The van der Waals surface area contributed by atoms with E-state index in [0.29, 0.717) is 4.34 Å². The Labute approximate surface area is 127 Å². The normalized spacial score (nSPS) is 12.8. The van der Waals surface area contributed by atoms with Gasteiger partial charge in [-0.2, -0.15) is 0 Å². The smallest absolute Gasteiger partial charge is 0.113 e. The number of thiophene rings is 1. The second kappa shape index (κ2) is 5.21. The van der Waals surface area contributed by atoms with Crippen LogP contribution in [-0.2, 0) is 0 Å². The molecule has 1 atom stereocenters. The number of hydrogen-bond donors (Lipinski definition) is 1. The van der Waals surface area contributed by atoms with E-state index in [2.05, 4.69) is 20.9 Å². The molecule has 0 saturated carbocycles. The molecule has 0 aliphatic heterocycles. The maximum absolute atomic E-state index is 10.4. The Morgan fingerprint density at radius 2 is 2.11 bits per heavy atom. The number of benzene rings is 1. The van der Waals surface area contributed by atoms with Gasteiger partial charge in [0.15, 0.2) is 0 Å². The lowest BCUT2D eigenvalue weighted by molar-refractivity contribution is 0.224. The van der Waals surface area contributed by atoms with Crippen molar-refractivity contribution in [2.24, 2.45) is 0 Å². The maximum Gasteiger partial charge on any atom is 0.113 e. The zero-order valence-corrected chi connectivity index (χ0v) is 12.8. The number of halogens is 2. The van der Waals surface area contributed by atoms with Crippen LogP contribution in [0.1, 0.15) is 16.5 Å². The predicted molar refractivity (Wildman–Crippen MR) is 82.8 cm³/mol. The molecule has 2 aromatic heterocycles. The van der Waals surface area contributed by atoms with Crippen LogP contribution in [0.15, 0.2) is 47.1 Å². The molecule has 0 amide bonds. The molecule has 5 heteroatoms. The van der Waals surface area contributed by atoms with E-state index in [4.69, 9.17) is 11.6 Å². The van der Waals surface area contributed by atoms with Gasteiger partial charge < -0.3 is 5.11 Å². The highest BCUT2D eigenvalue weighted by atomic mass is 79.9. The van der Waals surface area contributed by atoms with Crippen LogP contribution in [0.4, 0.5) is 0 Å². The summed E-state index contributed by atoms with van der Waals surface area (Å²) in [6.45, 7) is 0. The van der Waals surface area contributed by atoms with E-state index in [0.717, 1.165) is 25.8 Å². The molecule has 3 rings (SSSR count). The van der Waals surface area contributed by atoms with Crippen molar-refractivity contribution in [2.45, 2.75) is 6.10 Å². The van der Waals surface area contributed by atoms with E-state index >= 15 is 0 Å². The second-order valence-corrected chi connectivity index (χ2v) is 6.67. The first-order valence-corrected chi connectivity index (χ1v) is 7.61. The number of aromatic nitrogens is 1. The number of nitrogens with zero attached hydrogens (tertiary/aromatic N) is 1. The zero-order chi connectivity index (χ0) is 13.4. The predicted octanol–water partition coefficient (Wildman–Crippen LogP) is 4.79. The highest BCUT2D eigenvalue weighted by Crippen LogP contribution is 2.37. The maximum atomic E-state index is 10.4. The van der Waals surface area contributed by atoms with Gasteiger partial charge in [-0.15, -0.1) is 11.3 Å². The summed E-state index contributed by atoms with van der Waals surface area (Å²) in [4.78, 5) is 5.08. The van der Waals surface area contributed by atoms with Crippen molar-refractivity contribution in [3.05, 3.63) is 61.8 Å². The standard InChI is InChI=1S/C14H9BrClNOS/c15-10-7-12(19-14(10)16)13(18)9-3-4-11-8(6-9)2-1-5-17-11/h1-7,13,18H. The number of pyridine rings is 1. The highest BCUT2D eigenvalue weighted by Gasteiger charge is 2.15. The van der Waals surface area contributed by atoms with Crippen LogP contribution in [0.3, 0.4) is 0 Å². The average Bonchev–Trinajstić information content (AvgIpc) is 2.77. The van der Waals surface area contributed by atoms with Gasteiger partial charge in [-0.05, 0) is 45.8 Å². The summed E-state index contributed by atoms with van der Waals surface area (Å²) in [7, 11) is 0. The fourth-order valence-electron chi connectivity index (χ4n) is 1.93. The molecular weight excluding hydrogens is 346 g/mol. The van der Waals surface area contributed by atoms with Gasteiger partial charge in [0.2, 0.25) is 0 Å². The van der Waals surface area contributed by atoms with Crippen LogP contribution >= 0.6 is 38.9 Å². The van der Waals surface area contributed by atoms with Gasteiger partial charge in [0, 0.05) is 20.9 Å². The third-order valence-electron chi connectivity index (χ3n) is 2.88. The molecule has 19 heavy (non-hydrogen) atoms. The minimum absolute atomic E-state index is 0.650. The number of rotatable bonds is 2. The first-order valence-electron chi connectivity index (χ1n) is 5.62. The molecule has 96 valence electrons. The Bertz CT molecular complexity index is 724. The quantitative estimate of drug-likeness (QED) is 0.717. The van der Waals surface area contributed by atoms with E-state index in [1.807, 2.05) is 36.4 Å². The summed E-state index contributed by atoms with van der Waals surface area (Å²) >= 11 is 10.7. The van der Waals surface area contributed by atoms with E-state index in [9.17, 15) is 5.11 Å². The molecular formula is C14H9BrClNOS. The SMILES string of the molecule is OC(c1ccc2ncccc2c1)c1cc(Br)c(Cl)s1. The Morgan fingerprint density at radius 1 is 1.26 bits per heavy atom. The highest BCUT2D eigenvalue weighted by molar-refractivity contribution is 9.10. The summed E-state index contributed by atoms with van der Waals surface area (Å²) in [5.74, 6) is 0. The molecule has 2 nitrogen and oxygen atoms in total. The summed E-state index contributed by atoms with van der Waals surface area (Å²) in [6, 6.07) is 11.5. The molecule has 0 saturated heterocycles. The Kier molecular flexibility index (Phi) is 3.58. The summed E-state index contributed by atoms with van der Waals surface area (Å²) in [6.07, 6.45) is 1.09. The summed E-state index contributed by atoms with van der Waals surface area (Å²) in [5, 5.41) is 11.4. The van der Waals surface area contributed by atoms with Crippen molar-refractivity contribution < 1.29 is 5.11 Å². The lowest BCUT2D eigenvalue weighted by atomic mass is 10.1. The molecule has 0 fully saturated rings. The molecule has 0 spiro atoms. The molecule has 0 bridgehead atoms. The van der Waals surface area contributed by atoms with Crippen molar-refractivity contribution in [3.8, 4) is 0 Å². The molecule has 1 N–H and O–H groups in total. The first kappa shape index (κ1) is 13.1. The van der Waals surface area contributed by atoms with E-state index in [1.54, 1.807) is 6.20 Å². The molecule has 2 heterocycles. The van der Waals surface area contributed by atoms with E-state index in [1.165, 1.54) is 11.3 Å². The van der Waals surface area contributed by atoms with Gasteiger partial charge in [0.05, 0.1) is 5.52 Å². The van der Waals surface area contributed by atoms with Gasteiger partial charge in [-0.3, -0.25) is 4.98 Å². The van der Waals surface area contributed by atoms with Crippen molar-refractivity contribution in [3.63, 3.8) is 0 Å². The lowest BCUT2D eigenvalue weighted by Crippen LogP contribution is -1.96. The van der Waals surface area contributed by atoms with Crippen LogP contribution in [0.5, 0.6) is 0 Å². The van der Waals surface area contributed by atoms with Crippen LogP contribution in [-0.4, -0.2) is 10.1 Å².